The van der Waals surface area contributed by atoms with E-state index >= 15 is 0 Å². The van der Waals surface area contributed by atoms with Crippen LogP contribution in [0.15, 0.2) is 78.9 Å². The standard InChI is InChI=1S/C30H38BN3O6/c1-20(2)17-28(40-31(37)38)34-29(35)21(3)32-30(36)27(18-22-13-15-26(39-4)16-14-22)33-25-12-8-11-24(19-25)23-9-6-5-7-10-23/h5-16,19-21,27-28,33,37-38H,17-18H2,1-4H3,(H,32,36)(H,34,35)/t21-,27-,28+/m0/s1. The molecule has 0 unspecified atom stereocenters. The molecule has 0 spiro atoms. The molecule has 0 aliphatic heterocycles. The fraction of sp³-hybridized carbons (Fsp3) is 0.333. The number of amides is 2. The van der Waals surface area contributed by atoms with E-state index in [4.69, 9.17) is 9.39 Å². The lowest BCUT2D eigenvalue weighted by Crippen LogP contribution is -2.53. The van der Waals surface area contributed by atoms with Crippen LogP contribution in [0.1, 0.15) is 32.8 Å². The maximum absolute atomic E-state index is 13.5. The summed E-state index contributed by atoms with van der Waals surface area (Å²) in [5.41, 5.74) is 3.73. The summed E-state index contributed by atoms with van der Waals surface area (Å²) in [4.78, 5) is 26.4. The van der Waals surface area contributed by atoms with Crippen LogP contribution < -0.4 is 20.7 Å². The minimum absolute atomic E-state index is 0.124. The SMILES string of the molecule is COc1ccc(C[C@H](Nc2cccc(-c3ccccc3)c2)C(=O)N[C@@H](C)C(=O)N[C@@H](CC(C)C)OB(O)O)cc1. The summed E-state index contributed by atoms with van der Waals surface area (Å²) in [5.74, 6) is -0.0376. The molecular weight excluding hydrogens is 509 g/mol. The van der Waals surface area contributed by atoms with Gasteiger partial charge in [0, 0.05) is 12.1 Å². The summed E-state index contributed by atoms with van der Waals surface area (Å²) in [6.07, 6.45) is -0.195. The monoisotopic (exact) mass is 547 g/mol. The van der Waals surface area contributed by atoms with Gasteiger partial charge >= 0.3 is 7.32 Å². The normalized spacial score (nSPS) is 13.2. The largest absolute Gasteiger partial charge is 0.635 e. The minimum Gasteiger partial charge on any atom is -0.497 e. The lowest BCUT2D eigenvalue weighted by molar-refractivity contribution is -0.130. The lowest BCUT2D eigenvalue weighted by Gasteiger charge is -2.25. The van der Waals surface area contributed by atoms with Crippen molar-refractivity contribution in [3.05, 3.63) is 84.4 Å². The number of hydrogen-bond donors (Lipinski definition) is 5. The fourth-order valence-corrected chi connectivity index (χ4v) is 4.21. The molecule has 40 heavy (non-hydrogen) atoms. The fourth-order valence-electron chi connectivity index (χ4n) is 4.21. The summed E-state index contributed by atoms with van der Waals surface area (Å²) < 4.78 is 10.3. The van der Waals surface area contributed by atoms with Gasteiger partial charge in [-0.2, -0.15) is 0 Å². The van der Waals surface area contributed by atoms with Crippen molar-refractivity contribution in [2.24, 2.45) is 5.92 Å². The van der Waals surface area contributed by atoms with Crippen molar-refractivity contribution < 1.29 is 29.0 Å². The molecule has 0 bridgehead atoms. The number of rotatable bonds is 14. The Bertz CT molecular complexity index is 1210. The smallest absolute Gasteiger partial charge is 0.497 e. The van der Waals surface area contributed by atoms with E-state index in [2.05, 4.69) is 16.0 Å². The molecule has 9 nitrogen and oxygen atoms in total. The van der Waals surface area contributed by atoms with E-state index in [9.17, 15) is 19.6 Å². The molecule has 0 saturated heterocycles. The first kappa shape index (κ1) is 30.7. The Labute approximate surface area is 236 Å². The first-order chi connectivity index (χ1) is 19.1. The van der Waals surface area contributed by atoms with Crippen LogP contribution in [0.4, 0.5) is 5.69 Å². The molecule has 0 aliphatic rings. The van der Waals surface area contributed by atoms with Gasteiger partial charge in [0.05, 0.1) is 7.11 Å². The quantitative estimate of drug-likeness (QED) is 0.155. The van der Waals surface area contributed by atoms with Gasteiger partial charge in [-0.1, -0.05) is 68.4 Å². The number of carbonyl (C=O) groups is 2. The number of methoxy groups -OCH3 is 1. The molecule has 2 amide bonds. The summed E-state index contributed by atoms with van der Waals surface area (Å²) in [5, 5.41) is 27.2. The second-order valence-electron chi connectivity index (χ2n) is 10.0. The number of ether oxygens (including phenoxy) is 1. The van der Waals surface area contributed by atoms with Gasteiger partial charge in [0.25, 0.3) is 0 Å². The maximum Gasteiger partial charge on any atom is 0.635 e. The zero-order valence-electron chi connectivity index (χ0n) is 23.3. The molecule has 0 fully saturated rings. The predicted molar refractivity (Wildman–Crippen MR) is 156 cm³/mol. The zero-order chi connectivity index (χ0) is 29.1. The van der Waals surface area contributed by atoms with Gasteiger partial charge in [-0.15, -0.1) is 0 Å². The highest BCUT2D eigenvalue weighted by Gasteiger charge is 2.27. The van der Waals surface area contributed by atoms with Crippen molar-refractivity contribution in [1.29, 1.82) is 0 Å². The molecule has 3 rings (SSSR count). The summed E-state index contributed by atoms with van der Waals surface area (Å²) in [6, 6.07) is 23.6. The number of benzene rings is 3. The van der Waals surface area contributed by atoms with Crippen LogP contribution in [0.5, 0.6) is 5.75 Å². The van der Waals surface area contributed by atoms with Crippen molar-refractivity contribution in [3.8, 4) is 16.9 Å². The molecular formula is C30H38BN3O6. The van der Waals surface area contributed by atoms with Crippen LogP contribution in [0.25, 0.3) is 11.1 Å². The summed E-state index contributed by atoms with van der Waals surface area (Å²) >= 11 is 0. The maximum atomic E-state index is 13.5. The summed E-state index contributed by atoms with van der Waals surface area (Å²) in [6.45, 7) is 5.40. The molecule has 3 atom stereocenters. The van der Waals surface area contributed by atoms with Crippen molar-refractivity contribution in [3.63, 3.8) is 0 Å². The van der Waals surface area contributed by atoms with Gasteiger partial charge in [0.15, 0.2) is 0 Å². The van der Waals surface area contributed by atoms with E-state index in [1.807, 2.05) is 92.7 Å². The van der Waals surface area contributed by atoms with Gasteiger partial charge < -0.3 is 35.4 Å². The van der Waals surface area contributed by atoms with Gasteiger partial charge in [0.1, 0.15) is 24.1 Å². The average Bonchev–Trinajstić information content (AvgIpc) is 2.93. The average molecular weight is 547 g/mol. The Morgan fingerprint density at radius 3 is 2.15 bits per heavy atom. The second-order valence-corrected chi connectivity index (χ2v) is 10.0. The van der Waals surface area contributed by atoms with Gasteiger partial charge in [-0.05, 0) is 60.2 Å². The molecule has 5 N–H and O–H groups in total. The lowest BCUT2D eigenvalue weighted by atomic mass is 10.0. The van der Waals surface area contributed by atoms with E-state index in [1.165, 1.54) is 0 Å². The predicted octanol–water partition coefficient (Wildman–Crippen LogP) is 3.36. The van der Waals surface area contributed by atoms with Gasteiger partial charge in [0.2, 0.25) is 11.8 Å². The third-order valence-electron chi connectivity index (χ3n) is 6.25. The van der Waals surface area contributed by atoms with Gasteiger partial charge in [-0.3, -0.25) is 9.59 Å². The van der Waals surface area contributed by atoms with Crippen molar-refractivity contribution in [2.45, 2.75) is 51.9 Å². The molecule has 212 valence electrons. The van der Waals surface area contributed by atoms with Crippen molar-refractivity contribution in [2.75, 3.05) is 12.4 Å². The highest BCUT2D eigenvalue weighted by molar-refractivity contribution is 6.32. The Hall–Kier alpha value is -3.86. The van der Waals surface area contributed by atoms with E-state index < -0.39 is 31.5 Å². The number of hydrogen-bond acceptors (Lipinski definition) is 7. The molecule has 0 aliphatic carbocycles. The molecule has 0 radical (unpaired) electrons. The Morgan fingerprint density at radius 2 is 1.52 bits per heavy atom. The van der Waals surface area contributed by atoms with Crippen LogP contribution in [0.3, 0.4) is 0 Å². The van der Waals surface area contributed by atoms with Crippen LogP contribution in [0.2, 0.25) is 0 Å². The molecule has 0 saturated carbocycles. The van der Waals surface area contributed by atoms with E-state index in [1.54, 1.807) is 14.0 Å². The molecule has 0 aromatic heterocycles. The first-order valence-corrected chi connectivity index (χ1v) is 13.3. The Balaban J connectivity index is 1.76. The first-order valence-electron chi connectivity index (χ1n) is 13.3. The van der Waals surface area contributed by atoms with E-state index in [0.29, 0.717) is 18.6 Å². The van der Waals surface area contributed by atoms with Crippen LogP contribution in [0, 0.1) is 5.92 Å². The highest BCUT2D eigenvalue weighted by atomic mass is 16.6. The topological polar surface area (TPSA) is 129 Å². The number of anilines is 1. The zero-order valence-corrected chi connectivity index (χ0v) is 23.3. The van der Waals surface area contributed by atoms with Gasteiger partial charge in [-0.25, -0.2) is 0 Å². The van der Waals surface area contributed by atoms with Crippen molar-refractivity contribution >= 4 is 24.8 Å². The summed E-state index contributed by atoms with van der Waals surface area (Å²) in [7, 11) is -0.435. The minimum atomic E-state index is -2.03. The van der Waals surface area contributed by atoms with Crippen LogP contribution >= 0.6 is 0 Å². The van der Waals surface area contributed by atoms with E-state index in [0.717, 1.165) is 22.4 Å². The second kappa shape index (κ2) is 15.1. The number of carbonyl (C=O) groups excluding carboxylic acids is 2. The van der Waals surface area contributed by atoms with Crippen LogP contribution in [-0.4, -0.2) is 54.6 Å². The highest BCUT2D eigenvalue weighted by Crippen LogP contribution is 2.23. The Morgan fingerprint density at radius 1 is 0.850 bits per heavy atom. The third kappa shape index (κ3) is 9.71. The molecule has 0 heterocycles. The van der Waals surface area contributed by atoms with E-state index in [-0.39, 0.29) is 11.8 Å². The third-order valence-corrected chi connectivity index (χ3v) is 6.25. The number of nitrogens with one attached hydrogen (secondary N) is 3. The van der Waals surface area contributed by atoms with Crippen LogP contribution in [-0.2, 0) is 20.7 Å². The molecule has 10 heteroatoms. The Kier molecular flexibility index (Phi) is 11.6. The van der Waals surface area contributed by atoms with Crippen molar-refractivity contribution in [1.82, 2.24) is 10.6 Å². The molecule has 3 aromatic carbocycles. The molecule has 3 aromatic rings.